The van der Waals surface area contributed by atoms with Crippen LogP contribution >= 0.6 is 0 Å². The summed E-state index contributed by atoms with van der Waals surface area (Å²) in [5.74, 6) is 0. The Kier molecular flexibility index (Phi) is 3.50. The van der Waals surface area contributed by atoms with E-state index < -0.39 is 0 Å². The molecule has 1 aliphatic rings. The van der Waals surface area contributed by atoms with E-state index in [1.54, 1.807) is 24.0 Å². The largest absolute Gasteiger partial charge is 0.364 e. The molecule has 0 bridgehead atoms. The lowest BCUT2D eigenvalue weighted by molar-refractivity contribution is 0.0686. The van der Waals surface area contributed by atoms with Crippen LogP contribution in [0.25, 0.3) is 0 Å². The third-order valence-corrected chi connectivity index (χ3v) is 2.09. The average molecular weight is 188 g/mol. The topological polar surface area (TPSA) is 42.0 Å². The Bertz CT molecular complexity index is 186. The fourth-order valence-electron chi connectivity index (χ4n) is 1.45. The highest BCUT2D eigenvalue weighted by molar-refractivity contribution is 5.76. The third kappa shape index (κ3) is 2.10. The van der Waals surface area contributed by atoms with Gasteiger partial charge in [-0.25, -0.2) is 4.79 Å². The van der Waals surface area contributed by atoms with Gasteiger partial charge in [0.2, 0.25) is 0 Å². The molecular formula is C8H16N2O3. The molecule has 0 spiro atoms. The number of amides is 2. The van der Waals surface area contributed by atoms with Crippen molar-refractivity contribution in [1.82, 2.24) is 9.80 Å². The summed E-state index contributed by atoms with van der Waals surface area (Å²) in [4.78, 5) is 14.9. The zero-order chi connectivity index (χ0) is 9.84. The van der Waals surface area contributed by atoms with Crippen molar-refractivity contribution in [3.63, 3.8) is 0 Å². The first-order chi connectivity index (χ1) is 6.20. The molecule has 0 radical (unpaired) electrons. The molecule has 0 aromatic carbocycles. The van der Waals surface area contributed by atoms with Crippen molar-refractivity contribution in [3.05, 3.63) is 0 Å². The summed E-state index contributed by atoms with van der Waals surface area (Å²) < 4.78 is 9.84. The van der Waals surface area contributed by atoms with Gasteiger partial charge in [-0.2, -0.15) is 0 Å². The number of rotatable bonds is 4. The van der Waals surface area contributed by atoms with Crippen molar-refractivity contribution in [2.24, 2.45) is 0 Å². The summed E-state index contributed by atoms with van der Waals surface area (Å²) in [6.45, 7) is 3.40. The molecule has 0 saturated carbocycles. The van der Waals surface area contributed by atoms with E-state index in [4.69, 9.17) is 9.47 Å². The average Bonchev–Trinajstić information content (AvgIpc) is 2.34. The van der Waals surface area contributed by atoms with Crippen LogP contribution < -0.4 is 0 Å². The van der Waals surface area contributed by atoms with Crippen LogP contribution in [0.2, 0.25) is 0 Å². The zero-order valence-electron chi connectivity index (χ0n) is 8.32. The number of urea groups is 1. The maximum absolute atomic E-state index is 11.6. The number of ether oxygens (including phenoxy) is 2. The monoisotopic (exact) mass is 188 g/mol. The van der Waals surface area contributed by atoms with Crippen LogP contribution in [0.15, 0.2) is 0 Å². The van der Waals surface area contributed by atoms with Crippen molar-refractivity contribution < 1.29 is 14.3 Å². The zero-order valence-corrected chi connectivity index (χ0v) is 8.32. The van der Waals surface area contributed by atoms with Gasteiger partial charge in [-0.05, 0) is 6.92 Å². The Balaban J connectivity index is 2.53. The van der Waals surface area contributed by atoms with Gasteiger partial charge in [-0.3, -0.25) is 9.80 Å². The molecule has 1 atom stereocenters. The lowest BCUT2D eigenvalue weighted by Crippen LogP contribution is -2.35. The van der Waals surface area contributed by atoms with Crippen LogP contribution in [-0.2, 0) is 9.47 Å². The van der Waals surface area contributed by atoms with Gasteiger partial charge >= 0.3 is 6.03 Å². The van der Waals surface area contributed by atoms with E-state index >= 15 is 0 Å². The molecule has 76 valence electrons. The van der Waals surface area contributed by atoms with Crippen LogP contribution in [0.3, 0.4) is 0 Å². The number of carbonyl (C=O) groups excluding carboxylic acids is 1. The highest BCUT2D eigenvalue weighted by atomic mass is 16.5. The van der Waals surface area contributed by atoms with Gasteiger partial charge in [0.05, 0.1) is 6.04 Å². The fraction of sp³-hybridized carbons (Fsp3) is 0.875. The molecule has 1 heterocycles. The molecule has 1 rings (SSSR count). The van der Waals surface area contributed by atoms with Crippen molar-refractivity contribution in [1.29, 1.82) is 0 Å². The van der Waals surface area contributed by atoms with Gasteiger partial charge in [0.25, 0.3) is 0 Å². The molecule has 5 nitrogen and oxygen atoms in total. The molecule has 1 fully saturated rings. The van der Waals surface area contributed by atoms with E-state index in [2.05, 4.69) is 0 Å². The highest BCUT2D eigenvalue weighted by Crippen LogP contribution is 2.14. The molecule has 0 aromatic rings. The third-order valence-electron chi connectivity index (χ3n) is 2.09. The number of hydrogen-bond acceptors (Lipinski definition) is 3. The fourth-order valence-corrected chi connectivity index (χ4v) is 1.45. The molecule has 1 saturated heterocycles. The number of nitrogens with zero attached hydrogens (tertiary/aromatic N) is 2. The molecule has 2 amide bonds. The van der Waals surface area contributed by atoms with Gasteiger partial charge < -0.3 is 9.47 Å². The Morgan fingerprint density at radius 1 is 1.38 bits per heavy atom. The molecular weight excluding hydrogens is 172 g/mol. The Morgan fingerprint density at radius 3 is 2.54 bits per heavy atom. The summed E-state index contributed by atoms with van der Waals surface area (Å²) in [5, 5.41) is 0. The van der Waals surface area contributed by atoms with E-state index in [1.165, 1.54) is 0 Å². The second kappa shape index (κ2) is 4.43. The molecule has 13 heavy (non-hydrogen) atoms. The second-order valence-electron chi connectivity index (χ2n) is 3.16. The summed E-state index contributed by atoms with van der Waals surface area (Å²) in [7, 11) is 3.16. The normalized spacial score (nSPS) is 23.0. The first-order valence-corrected chi connectivity index (χ1v) is 4.24. The minimum atomic E-state index is -0.0174. The van der Waals surface area contributed by atoms with Crippen LogP contribution in [0.5, 0.6) is 0 Å². The van der Waals surface area contributed by atoms with Crippen LogP contribution in [0.4, 0.5) is 4.79 Å². The quantitative estimate of drug-likeness (QED) is 0.638. The maximum Gasteiger partial charge on any atom is 0.324 e. The van der Waals surface area contributed by atoms with Crippen molar-refractivity contribution in [3.8, 4) is 0 Å². The molecule has 0 aromatic heterocycles. The number of methoxy groups -OCH3 is 2. The van der Waals surface area contributed by atoms with Crippen LogP contribution in [-0.4, -0.2) is 56.1 Å². The summed E-state index contributed by atoms with van der Waals surface area (Å²) in [6, 6.07) is 0.179. The lowest BCUT2D eigenvalue weighted by Gasteiger charge is -2.18. The first-order valence-electron chi connectivity index (χ1n) is 4.24. The smallest absolute Gasteiger partial charge is 0.324 e. The minimum absolute atomic E-state index is 0.0174. The Labute approximate surface area is 78.2 Å². The van der Waals surface area contributed by atoms with E-state index in [-0.39, 0.29) is 12.1 Å². The summed E-state index contributed by atoms with van der Waals surface area (Å²) >= 11 is 0. The predicted octanol–water partition coefficient (Wildman–Crippen LogP) is 0.320. The summed E-state index contributed by atoms with van der Waals surface area (Å²) in [5.41, 5.74) is 0. The Morgan fingerprint density at radius 2 is 2.00 bits per heavy atom. The SMILES string of the molecule is COCN1CC(C)N(COC)C1=O. The molecule has 5 heteroatoms. The van der Waals surface area contributed by atoms with Crippen LogP contribution in [0, 0.1) is 0 Å². The van der Waals surface area contributed by atoms with E-state index in [1.807, 2.05) is 6.92 Å². The molecule has 0 aliphatic carbocycles. The van der Waals surface area contributed by atoms with E-state index in [0.717, 1.165) is 0 Å². The van der Waals surface area contributed by atoms with E-state index in [9.17, 15) is 4.79 Å². The van der Waals surface area contributed by atoms with Crippen molar-refractivity contribution in [2.45, 2.75) is 13.0 Å². The van der Waals surface area contributed by atoms with Crippen molar-refractivity contribution in [2.75, 3.05) is 34.2 Å². The first kappa shape index (κ1) is 10.3. The standard InChI is InChI=1S/C8H16N2O3/c1-7-4-9(5-12-2)8(11)10(7)6-13-3/h7H,4-6H2,1-3H3. The van der Waals surface area contributed by atoms with E-state index in [0.29, 0.717) is 20.0 Å². The molecule has 0 N–H and O–H groups in total. The van der Waals surface area contributed by atoms with Crippen molar-refractivity contribution >= 4 is 6.03 Å². The van der Waals surface area contributed by atoms with Gasteiger partial charge in [0.1, 0.15) is 13.5 Å². The number of carbonyl (C=O) groups is 1. The van der Waals surface area contributed by atoms with Gasteiger partial charge in [-0.1, -0.05) is 0 Å². The predicted molar refractivity (Wildman–Crippen MR) is 47.2 cm³/mol. The van der Waals surface area contributed by atoms with Gasteiger partial charge in [0, 0.05) is 20.8 Å². The second-order valence-corrected chi connectivity index (χ2v) is 3.16. The molecule has 1 unspecified atom stereocenters. The van der Waals surface area contributed by atoms with Crippen LogP contribution in [0.1, 0.15) is 6.92 Å². The Hall–Kier alpha value is -0.810. The maximum atomic E-state index is 11.6. The van der Waals surface area contributed by atoms with Gasteiger partial charge in [0.15, 0.2) is 0 Å². The summed E-state index contributed by atoms with van der Waals surface area (Å²) in [6.07, 6.45) is 0. The number of hydrogen-bond donors (Lipinski definition) is 0. The van der Waals surface area contributed by atoms with Gasteiger partial charge in [-0.15, -0.1) is 0 Å². The minimum Gasteiger partial charge on any atom is -0.364 e. The molecule has 1 aliphatic heterocycles. The lowest BCUT2D eigenvalue weighted by atomic mass is 10.3. The highest BCUT2D eigenvalue weighted by Gasteiger charge is 2.33.